The molecule has 6 rings (SSSR count). The Morgan fingerprint density at radius 1 is 0.935 bits per heavy atom. The van der Waals surface area contributed by atoms with Crippen LogP contribution in [-0.4, -0.2) is 89.9 Å². The highest BCUT2D eigenvalue weighted by Crippen LogP contribution is 2.39. The predicted molar refractivity (Wildman–Crippen MR) is 177 cm³/mol. The maximum Gasteiger partial charge on any atom is 0.250 e. The summed E-state index contributed by atoms with van der Waals surface area (Å²) in [7, 11) is 0. The van der Waals surface area contributed by atoms with E-state index >= 15 is 0 Å². The van der Waals surface area contributed by atoms with Gasteiger partial charge in [0.1, 0.15) is 18.1 Å². The number of amides is 4. The molecule has 46 heavy (non-hydrogen) atoms. The molecule has 10 nitrogen and oxygen atoms in total. The number of hydrogen-bond acceptors (Lipinski definition) is 6. The van der Waals surface area contributed by atoms with Crippen molar-refractivity contribution < 1.29 is 19.2 Å². The molecule has 0 radical (unpaired) electrons. The summed E-state index contributed by atoms with van der Waals surface area (Å²) in [4.78, 5) is 60.0. The first-order valence-corrected chi connectivity index (χ1v) is 17.2. The first kappa shape index (κ1) is 32.3. The number of nitrogens with zero attached hydrogens (tertiary/aromatic N) is 3. The molecular formula is C35H45ClN6O4. The summed E-state index contributed by atoms with van der Waals surface area (Å²) in [5.74, 6) is -0.505. The molecule has 3 aliphatic heterocycles. The summed E-state index contributed by atoms with van der Waals surface area (Å²) < 4.78 is 0. The van der Waals surface area contributed by atoms with E-state index in [4.69, 9.17) is 11.6 Å². The van der Waals surface area contributed by atoms with Gasteiger partial charge in [0.2, 0.25) is 17.7 Å². The second-order valence-electron chi connectivity index (χ2n) is 13.2. The molecule has 4 aliphatic rings. The highest BCUT2D eigenvalue weighted by molar-refractivity contribution is 6.30. The molecule has 2 aromatic carbocycles. The lowest BCUT2D eigenvalue weighted by Crippen LogP contribution is -2.60. The lowest BCUT2D eigenvalue weighted by molar-refractivity contribution is -0.141. The number of halogens is 1. The van der Waals surface area contributed by atoms with Crippen LogP contribution in [0, 0.1) is 0 Å². The second kappa shape index (κ2) is 14.4. The lowest BCUT2D eigenvalue weighted by atomic mass is 9.85. The smallest absolute Gasteiger partial charge is 0.250 e. The fourth-order valence-corrected chi connectivity index (χ4v) is 7.70. The van der Waals surface area contributed by atoms with Gasteiger partial charge in [-0.25, -0.2) is 0 Å². The third-order valence-electron chi connectivity index (χ3n) is 10.1. The van der Waals surface area contributed by atoms with Crippen molar-refractivity contribution in [1.29, 1.82) is 0 Å². The number of piperidine rings is 1. The Bertz CT molecular complexity index is 1390. The molecule has 1 spiro atoms. The largest absolute Gasteiger partial charge is 0.352 e. The summed E-state index contributed by atoms with van der Waals surface area (Å²) in [6.45, 7) is 1.86. The normalized spacial score (nSPS) is 22.2. The molecule has 4 fully saturated rings. The average Bonchev–Trinajstić information content (AvgIpc) is 3.71. The summed E-state index contributed by atoms with van der Waals surface area (Å²) in [5.41, 5.74) is 0.966. The van der Waals surface area contributed by atoms with Gasteiger partial charge in [0.15, 0.2) is 0 Å². The molecule has 2 aromatic rings. The Morgan fingerprint density at radius 2 is 1.65 bits per heavy atom. The zero-order valence-electron chi connectivity index (χ0n) is 26.4. The van der Waals surface area contributed by atoms with E-state index in [-0.39, 0.29) is 42.3 Å². The quantitative estimate of drug-likeness (QED) is 0.385. The molecule has 1 saturated carbocycles. The average molecular weight is 649 g/mol. The van der Waals surface area contributed by atoms with E-state index < -0.39 is 11.6 Å². The maximum atomic E-state index is 14.2. The van der Waals surface area contributed by atoms with Gasteiger partial charge in [0.25, 0.3) is 5.91 Å². The van der Waals surface area contributed by atoms with Crippen LogP contribution < -0.4 is 20.9 Å². The molecule has 2 atom stereocenters. The number of nitrogens with one attached hydrogen (secondary N) is 3. The van der Waals surface area contributed by atoms with Crippen LogP contribution in [0.2, 0.25) is 5.02 Å². The minimum Gasteiger partial charge on any atom is -0.352 e. The van der Waals surface area contributed by atoms with Gasteiger partial charge in [-0.3, -0.25) is 19.2 Å². The number of hydrogen-bond donors (Lipinski definition) is 3. The fraction of sp³-hybridized carbons (Fsp3) is 0.543. The molecule has 246 valence electrons. The van der Waals surface area contributed by atoms with E-state index in [0.717, 1.165) is 56.3 Å². The predicted octanol–water partition coefficient (Wildman–Crippen LogP) is 3.24. The van der Waals surface area contributed by atoms with E-state index in [9.17, 15) is 19.2 Å². The number of likely N-dealkylation sites (tertiary alicyclic amines) is 1. The molecule has 11 heteroatoms. The highest BCUT2D eigenvalue weighted by atomic mass is 35.5. The van der Waals surface area contributed by atoms with Gasteiger partial charge in [-0.2, -0.15) is 0 Å². The van der Waals surface area contributed by atoms with E-state index in [2.05, 4.69) is 20.9 Å². The lowest BCUT2D eigenvalue weighted by Gasteiger charge is -2.44. The number of rotatable bonds is 9. The number of benzene rings is 2. The third kappa shape index (κ3) is 7.18. The molecule has 0 aromatic heterocycles. The van der Waals surface area contributed by atoms with Crippen LogP contribution in [-0.2, 0) is 25.6 Å². The Hall–Kier alpha value is -3.63. The van der Waals surface area contributed by atoms with Gasteiger partial charge in [-0.15, -0.1) is 0 Å². The molecule has 4 amide bonds. The number of anilines is 1. The van der Waals surface area contributed by atoms with Crippen molar-refractivity contribution >= 4 is 40.9 Å². The van der Waals surface area contributed by atoms with Crippen LogP contribution in [0.5, 0.6) is 0 Å². The molecule has 3 saturated heterocycles. The molecule has 2 unspecified atom stereocenters. The van der Waals surface area contributed by atoms with E-state index in [1.165, 1.54) is 6.42 Å². The van der Waals surface area contributed by atoms with Crippen molar-refractivity contribution in [1.82, 2.24) is 25.8 Å². The Morgan fingerprint density at radius 3 is 2.33 bits per heavy atom. The van der Waals surface area contributed by atoms with Crippen LogP contribution in [0.3, 0.4) is 0 Å². The Labute approximate surface area is 276 Å². The van der Waals surface area contributed by atoms with Crippen molar-refractivity contribution in [2.75, 3.05) is 37.7 Å². The standard InChI is InChI=1S/C35H45ClN6O4/c36-26-15-13-25(14-16-26)22-30(39-32(44)29-12-7-19-37-29)33(45)40-20-17-35(18-21-40)34(46)41(24-42(35)28-10-5-2-6-11-28)23-31(43)38-27-8-3-1-4-9-27/h2,5-6,10-11,13-16,27,29-30,37H,1,3-4,7-9,12,17-24H2,(H,38,43)(H,39,44). The fourth-order valence-electron chi connectivity index (χ4n) is 7.57. The van der Waals surface area contributed by atoms with Crippen molar-refractivity contribution in [2.45, 2.75) is 87.9 Å². The van der Waals surface area contributed by atoms with Crippen LogP contribution in [0.25, 0.3) is 0 Å². The molecule has 3 heterocycles. The Kier molecular flexibility index (Phi) is 10.1. The minimum atomic E-state index is -0.855. The molecule has 0 bridgehead atoms. The van der Waals surface area contributed by atoms with Gasteiger partial charge in [-0.1, -0.05) is 61.2 Å². The van der Waals surface area contributed by atoms with Gasteiger partial charge in [-0.05, 0) is 74.9 Å². The summed E-state index contributed by atoms with van der Waals surface area (Å²) in [5, 5.41) is 10.0. The molecule has 1 aliphatic carbocycles. The summed E-state index contributed by atoms with van der Waals surface area (Å²) >= 11 is 6.10. The van der Waals surface area contributed by atoms with Crippen LogP contribution >= 0.6 is 11.6 Å². The van der Waals surface area contributed by atoms with Crippen LogP contribution in [0.15, 0.2) is 54.6 Å². The Balaban J connectivity index is 1.16. The zero-order chi connectivity index (χ0) is 32.1. The van der Waals surface area contributed by atoms with Gasteiger partial charge in [0.05, 0.1) is 12.7 Å². The van der Waals surface area contributed by atoms with Crippen LogP contribution in [0.1, 0.15) is 63.4 Å². The molecular weight excluding hydrogens is 604 g/mol. The van der Waals surface area contributed by atoms with Gasteiger partial charge < -0.3 is 30.7 Å². The molecule has 3 N–H and O–H groups in total. The van der Waals surface area contributed by atoms with Gasteiger partial charge in [0, 0.05) is 36.3 Å². The van der Waals surface area contributed by atoms with Crippen molar-refractivity contribution in [3.8, 4) is 0 Å². The van der Waals surface area contributed by atoms with Gasteiger partial charge >= 0.3 is 0 Å². The summed E-state index contributed by atoms with van der Waals surface area (Å²) in [6.07, 6.45) is 8.29. The first-order valence-electron chi connectivity index (χ1n) is 16.8. The van der Waals surface area contributed by atoms with E-state index in [1.807, 2.05) is 42.5 Å². The number of carbonyl (C=O) groups excluding carboxylic acids is 4. The number of carbonyl (C=O) groups is 4. The maximum absolute atomic E-state index is 14.2. The number of para-hydroxylation sites is 1. The second-order valence-corrected chi connectivity index (χ2v) is 13.6. The highest BCUT2D eigenvalue weighted by Gasteiger charge is 2.54. The third-order valence-corrected chi connectivity index (χ3v) is 10.4. The van der Waals surface area contributed by atoms with Crippen LogP contribution in [0.4, 0.5) is 5.69 Å². The monoisotopic (exact) mass is 648 g/mol. The topological polar surface area (TPSA) is 114 Å². The van der Waals surface area contributed by atoms with E-state index in [0.29, 0.717) is 44.0 Å². The zero-order valence-corrected chi connectivity index (χ0v) is 27.1. The first-order chi connectivity index (χ1) is 22.3. The van der Waals surface area contributed by atoms with Crippen molar-refractivity contribution in [2.24, 2.45) is 0 Å². The SMILES string of the molecule is O=C(CN1CN(c2ccccc2)C2(CCN(C(=O)C(Cc3ccc(Cl)cc3)NC(=O)C3CCCN3)CC2)C1=O)NC1CCCCC1. The van der Waals surface area contributed by atoms with E-state index in [1.54, 1.807) is 21.9 Å². The van der Waals surface area contributed by atoms with Crippen molar-refractivity contribution in [3.05, 3.63) is 65.2 Å². The van der Waals surface area contributed by atoms with Crippen molar-refractivity contribution in [3.63, 3.8) is 0 Å². The summed E-state index contributed by atoms with van der Waals surface area (Å²) in [6, 6.07) is 16.3. The minimum absolute atomic E-state index is 0.0213.